The van der Waals surface area contributed by atoms with Gasteiger partial charge in [0.15, 0.2) is 11.0 Å². The van der Waals surface area contributed by atoms with Gasteiger partial charge in [-0.15, -0.1) is 10.2 Å². The number of benzene rings is 2. The molecule has 2 N–H and O–H groups in total. The van der Waals surface area contributed by atoms with E-state index in [1.54, 1.807) is 24.3 Å². The minimum absolute atomic E-state index is 0.0729. The number of hydrogen-bond donors (Lipinski definition) is 2. The summed E-state index contributed by atoms with van der Waals surface area (Å²) in [6, 6.07) is 16.5. The molecule has 0 aliphatic rings. The molecule has 0 saturated carbocycles. The zero-order chi connectivity index (χ0) is 17.8. The van der Waals surface area contributed by atoms with Crippen LogP contribution in [-0.4, -0.2) is 36.7 Å². The monoisotopic (exact) mass is 355 g/mol. The first-order valence-electron chi connectivity index (χ1n) is 7.70. The number of carbonyl (C=O) groups is 1. The second-order valence-electron chi connectivity index (χ2n) is 5.49. The lowest BCUT2D eigenvalue weighted by molar-refractivity contribution is -0.133. The fraction of sp³-hybridized carbons (Fsp3) is 0.167. The Morgan fingerprint density at radius 2 is 1.80 bits per heavy atom. The summed E-state index contributed by atoms with van der Waals surface area (Å²) in [5, 5.41) is 27.5. The first-order chi connectivity index (χ1) is 12.1. The van der Waals surface area contributed by atoms with Gasteiger partial charge >= 0.3 is 5.97 Å². The van der Waals surface area contributed by atoms with Crippen LogP contribution in [0.15, 0.2) is 59.8 Å². The van der Waals surface area contributed by atoms with Gasteiger partial charge in [0.25, 0.3) is 0 Å². The topological polar surface area (TPSA) is 88.2 Å². The number of rotatable bonds is 6. The molecule has 0 unspecified atom stereocenters. The first kappa shape index (κ1) is 17.0. The molecule has 3 aromatic rings. The molecule has 2 aromatic carbocycles. The van der Waals surface area contributed by atoms with Crippen LogP contribution in [0.1, 0.15) is 18.5 Å². The molecule has 0 bridgehead atoms. The number of hydrogen-bond acceptors (Lipinski definition) is 5. The van der Waals surface area contributed by atoms with Gasteiger partial charge in [-0.25, -0.2) is 0 Å². The number of thioether (sulfide) groups is 1. The molecular formula is C18H17N3O3S. The molecule has 3 rings (SSSR count). The van der Waals surface area contributed by atoms with Crippen molar-refractivity contribution in [2.75, 3.05) is 5.75 Å². The summed E-state index contributed by atoms with van der Waals surface area (Å²) >= 11 is 1.14. The third-order valence-electron chi connectivity index (χ3n) is 3.78. The summed E-state index contributed by atoms with van der Waals surface area (Å²) in [4.78, 5) is 10.9. The van der Waals surface area contributed by atoms with E-state index >= 15 is 0 Å². The minimum atomic E-state index is -0.905. The fourth-order valence-corrected chi connectivity index (χ4v) is 3.27. The van der Waals surface area contributed by atoms with Crippen molar-refractivity contribution in [1.29, 1.82) is 0 Å². The minimum Gasteiger partial charge on any atom is -0.508 e. The van der Waals surface area contributed by atoms with E-state index in [0.29, 0.717) is 11.0 Å². The van der Waals surface area contributed by atoms with Gasteiger partial charge in [-0.2, -0.15) is 0 Å². The lowest BCUT2D eigenvalue weighted by Crippen LogP contribution is -2.11. The van der Waals surface area contributed by atoms with Gasteiger partial charge in [-0.1, -0.05) is 42.1 Å². The third kappa shape index (κ3) is 3.83. The Hall–Kier alpha value is -2.80. The average Bonchev–Trinajstić information content (AvgIpc) is 3.04. The molecule has 0 fully saturated rings. The predicted molar refractivity (Wildman–Crippen MR) is 95.7 cm³/mol. The molecule has 0 aliphatic carbocycles. The van der Waals surface area contributed by atoms with E-state index in [2.05, 4.69) is 10.2 Å². The van der Waals surface area contributed by atoms with E-state index in [4.69, 9.17) is 5.11 Å². The summed E-state index contributed by atoms with van der Waals surface area (Å²) in [7, 11) is 0. The highest BCUT2D eigenvalue weighted by Gasteiger charge is 2.21. The molecule has 1 heterocycles. The Balaban J connectivity index is 2.06. The van der Waals surface area contributed by atoms with E-state index in [1.807, 2.05) is 41.8 Å². The van der Waals surface area contributed by atoms with E-state index in [-0.39, 0.29) is 17.5 Å². The van der Waals surface area contributed by atoms with E-state index in [9.17, 15) is 9.90 Å². The van der Waals surface area contributed by atoms with Crippen LogP contribution in [-0.2, 0) is 4.79 Å². The highest BCUT2D eigenvalue weighted by molar-refractivity contribution is 7.99. The number of carboxylic acid groups (broad SMARTS) is 1. The number of aromatic hydroxyl groups is 1. The zero-order valence-corrected chi connectivity index (χ0v) is 14.3. The van der Waals surface area contributed by atoms with Crippen LogP contribution in [0.5, 0.6) is 5.75 Å². The van der Waals surface area contributed by atoms with Crippen molar-refractivity contribution in [2.45, 2.75) is 18.1 Å². The normalized spacial score (nSPS) is 12.0. The van der Waals surface area contributed by atoms with Crippen molar-refractivity contribution in [1.82, 2.24) is 14.8 Å². The van der Waals surface area contributed by atoms with Crippen LogP contribution in [0.25, 0.3) is 11.4 Å². The Labute approximate surface area is 149 Å². The molecule has 0 radical (unpaired) electrons. The lowest BCUT2D eigenvalue weighted by atomic mass is 10.1. The third-order valence-corrected chi connectivity index (χ3v) is 4.71. The van der Waals surface area contributed by atoms with Crippen molar-refractivity contribution in [3.8, 4) is 17.1 Å². The SMILES string of the molecule is C[C@@H](c1ccccc1)n1c(SCC(=O)O)nnc1-c1ccc(O)cc1. The standard InChI is InChI=1S/C18H17N3O3S/c1-12(13-5-3-2-4-6-13)21-17(14-7-9-15(22)10-8-14)19-20-18(21)25-11-16(23)24/h2-10,12,22H,11H2,1H3,(H,23,24)/t12-/m0/s1. The molecule has 0 amide bonds. The number of aromatic nitrogens is 3. The maximum absolute atomic E-state index is 10.9. The Kier molecular flexibility index (Phi) is 5.04. The van der Waals surface area contributed by atoms with Gasteiger partial charge in [0.2, 0.25) is 0 Å². The molecule has 0 aliphatic heterocycles. The molecule has 1 aromatic heterocycles. The van der Waals surface area contributed by atoms with Crippen molar-refractivity contribution in [3.05, 3.63) is 60.2 Å². The van der Waals surface area contributed by atoms with Crippen LogP contribution in [0, 0.1) is 0 Å². The van der Waals surface area contributed by atoms with E-state index in [0.717, 1.165) is 22.9 Å². The van der Waals surface area contributed by atoms with Crippen molar-refractivity contribution >= 4 is 17.7 Å². The highest BCUT2D eigenvalue weighted by Crippen LogP contribution is 2.31. The molecule has 1 atom stereocenters. The van der Waals surface area contributed by atoms with Gasteiger partial charge in [0, 0.05) is 5.56 Å². The second-order valence-corrected chi connectivity index (χ2v) is 6.43. The molecule has 0 spiro atoms. The number of carboxylic acids is 1. The van der Waals surface area contributed by atoms with Crippen LogP contribution in [0.3, 0.4) is 0 Å². The maximum atomic E-state index is 10.9. The van der Waals surface area contributed by atoms with Crippen LogP contribution < -0.4 is 0 Å². The Morgan fingerprint density at radius 1 is 1.12 bits per heavy atom. The molecule has 6 nitrogen and oxygen atoms in total. The largest absolute Gasteiger partial charge is 0.508 e. The highest BCUT2D eigenvalue weighted by atomic mass is 32.2. The summed E-state index contributed by atoms with van der Waals surface area (Å²) in [6.45, 7) is 2.02. The van der Waals surface area contributed by atoms with Gasteiger partial charge < -0.3 is 10.2 Å². The summed E-state index contributed by atoms with van der Waals surface area (Å²) < 4.78 is 1.93. The number of nitrogens with zero attached hydrogens (tertiary/aromatic N) is 3. The van der Waals surface area contributed by atoms with E-state index in [1.165, 1.54) is 0 Å². The quantitative estimate of drug-likeness (QED) is 0.659. The number of phenolic OH excluding ortho intramolecular Hbond substituents is 1. The second kappa shape index (κ2) is 7.40. The van der Waals surface area contributed by atoms with Crippen LogP contribution in [0.4, 0.5) is 0 Å². The molecule has 25 heavy (non-hydrogen) atoms. The molecule has 7 heteroatoms. The van der Waals surface area contributed by atoms with Gasteiger partial charge in [-0.3, -0.25) is 9.36 Å². The summed E-state index contributed by atoms with van der Waals surface area (Å²) in [6.07, 6.45) is 0. The van der Waals surface area contributed by atoms with Crippen LogP contribution >= 0.6 is 11.8 Å². The lowest BCUT2D eigenvalue weighted by Gasteiger charge is -2.18. The Bertz CT molecular complexity index is 863. The Morgan fingerprint density at radius 3 is 2.44 bits per heavy atom. The summed E-state index contributed by atoms with van der Waals surface area (Å²) in [5.41, 5.74) is 1.87. The van der Waals surface area contributed by atoms with Gasteiger partial charge in [0.05, 0.1) is 11.8 Å². The van der Waals surface area contributed by atoms with Gasteiger partial charge in [0.1, 0.15) is 5.75 Å². The average molecular weight is 355 g/mol. The van der Waals surface area contributed by atoms with Crippen LogP contribution in [0.2, 0.25) is 0 Å². The fourth-order valence-electron chi connectivity index (χ4n) is 2.54. The summed E-state index contributed by atoms with van der Waals surface area (Å²) in [5.74, 6) is -0.191. The van der Waals surface area contributed by atoms with Crippen molar-refractivity contribution in [2.24, 2.45) is 0 Å². The first-order valence-corrected chi connectivity index (χ1v) is 8.68. The van der Waals surface area contributed by atoms with Crippen molar-refractivity contribution in [3.63, 3.8) is 0 Å². The van der Waals surface area contributed by atoms with Gasteiger partial charge in [-0.05, 0) is 36.8 Å². The number of aliphatic carboxylic acids is 1. The smallest absolute Gasteiger partial charge is 0.313 e. The van der Waals surface area contributed by atoms with Crippen molar-refractivity contribution < 1.29 is 15.0 Å². The predicted octanol–water partition coefficient (Wildman–Crippen LogP) is 3.44. The zero-order valence-electron chi connectivity index (χ0n) is 13.5. The number of phenols is 1. The molecule has 0 saturated heterocycles. The molecule has 128 valence electrons. The molecular weight excluding hydrogens is 338 g/mol. The maximum Gasteiger partial charge on any atom is 0.313 e. The van der Waals surface area contributed by atoms with E-state index < -0.39 is 5.97 Å².